The summed E-state index contributed by atoms with van der Waals surface area (Å²) in [6.07, 6.45) is 4.25. The second-order valence-electron chi connectivity index (χ2n) is 5.49. The average molecular weight is 315 g/mol. The number of aromatic nitrogens is 2. The lowest BCUT2D eigenvalue weighted by molar-refractivity contribution is 0.353. The van der Waals surface area contributed by atoms with E-state index in [9.17, 15) is 4.79 Å². The predicted molar refractivity (Wildman–Crippen MR) is 88.5 cm³/mol. The lowest BCUT2D eigenvalue weighted by Crippen LogP contribution is -2.37. The maximum Gasteiger partial charge on any atom is 0.293 e. The summed E-state index contributed by atoms with van der Waals surface area (Å²) in [7, 11) is 3.27. The van der Waals surface area contributed by atoms with Crippen LogP contribution in [0.4, 0.5) is 5.82 Å². The van der Waals surface area contributed by atoms with E-state index < -0.39 is 0 Å². The van der Waals surface area contributed by atoms with E-state index in [1.165, 1.54) is 5.56 Å². The molecule has 23 heavy (non-hydrogen) atoms. The third-order valence-corrected chi connectivity index (χ3v) is 4.25. The number of hydrogen-bond donors (Lipinski definition) is 0. The van der Waals surface area contributed by atoms with Gasteiger partial charge in [-0.15, -0.1) is 0 Å². The van der Waals surface area contributed by atoms with Crippen molar-refractivity contribution < 1.29 is 9.47 Å². The van der Waals surface area contributed by atoms with Crippen LogP contribution in [0.2, 0.25) is 0 Å². The molecule has 2 heterocycles. The molecule has 1 aliphatic rings. The molecule has 3 rings (SSSR count). The fourth-order valence-electron chi connectivity index (χ4n) is 2.97. The lowest BCUT2D eigenvalue weighted by atomic mass is 9.99. The molecule has 0 bridgehead atoms. The van der Waals surface area contributed by atoms with E-state index >= 15 is 0 Å². The maximum absolute atomic E-state index is 12.4. The Hall–Kier alpha value is -2.50. The molecule has 0 radical (unpaired) electrons. The van der Waals surface area contributed by atoms with Crippen LogP contribution in [0, 0.1) is 0 Å². The highest BCUT2D eigenvalue weighted by atomic mass is 16.5. The van der Waals surface area contributed by atoms with Crippen molar-refractivity contribution in [3.63, 3.8) is 0 Å². The molecule has 2 aromatic rings. The number of anilines is 1. The summed E-state index contributed by atoms with van der Waals surface area (Å²) in [6, 6.07) is 4.01. The molecule has 0 unspecified atom stereocenters. The zero-order valence-corrected chi connectivity index (χ0v) is 13.7. The first-order valence-corrected chi connectivity index (χ1v) is 7.72. The molecule has 122 valence electrons. The third kappa shape index (κ3) is 2.76. The molecule has 6 heteroatoms. The number of ether oxygens (including phenoxy) is 2. The Morgan fingerprint density at radius 3 is 2.52 bits per heavy atom. The first kappa shape index (κ1) is 15.4. The van der Waals surface area contributed by atoms with Crippen LogP contribution in [0.1, 0.15) is 18.1 Å². The van der Waals surface area contributed by atoms with Crippen molar-refractivity contribution in [1.29, 1.82) is 0 Å². The van der Waals surface area contributed by atoms with Gasteiger partial charge in [0.1, 0.15) is 0 Å². The highest BCUT2D eigenvalue weighted by Gasteiger charge is 2.22. The van der Waals surface area contributed by atoms with Crippen LogP contribution in [0.3, 0.4) is 0 Å². The smallest absolute Gasteiger partial charge is 0.293 e. The lowest BCUT2D eigenvalue weighted by Gasteiger charge is -2.30. The van der Waals surface area contributed by atoms with Gasteiger partial charge in [-0.3, -0.25) is 4.79 Å². The second kappa shape index (κ2) is 6.32. The van der Waals surface area contributed by atoms with Gasteiger partial charge >= 0.3 is 0 Å². The van der Waals surface area contributed by atoms with Crippen molar-refractivity contribution in [1.82, 2.24) is 9.55 Å². The highest BCUT2D eigenvalue weighted by Crippen LogP contribution is 2.33. The summed E-state index contributed by atoms with van der Waals surface area (Å²) < 4.78 is 12.4. The largest absolute Gasteiger partial charge is 0.493 e. The van der Waals surface area contributed by atoms with Gasteiger partial charge in [0.15, 0.2) is 17.3 Å². The van der Waals surface area contributed by atoms with E-state index in [0.29, 0.717) is 24.7 Å². The molecule has 0 N–H and O–H groups in total. The molecular formula is C17H21N3O3. The first-order valence-electron chi connectivity index (χ1n) is 7.72. The van der Waals surface area contributed by atoms with Crippen molar-refractivity contribution in [2.75, 3.05) is 25.7 Å². The van der Waals surface area contributed by atoms with Gasteiger partial charge in [-0.25, -0.2) is 4.98 Å². The van der Waals surface area contributed by atoms with Crippen LogP contribution < -0.4 is 19.9 Å². The number of nitrogens with zero attached hydrogens (tertiary/aromatic N) is 3. The van der Waals surface area contributed by atoms with Crippen molar-refractivity contribution in [3.05, 3.63) is 46.0 Å². The van der Waals surface area contributed by atoms with E-state index in [0.717, 1.165) is 24.3 Å². The number of fused-ring (bicyclic) bond motifs is 1. The Morgan fingerprint density at radius 1 is 1.17 bits per heavy atom. The minimum atomic E-state index is -0.0427. The Bertz CT molecular complexity index is 770. The molecule has 0 saturated carbocycles. The van der Waals surface area contributed by atoms with E-state index in [2.05, 4.69) is 4.98 Å². The number of aryl methyl sites for hydroxylation is 1. The summed E-state index contributed by atoms with van der Waals surface area (Å²) in [6.45, 7) is 4.00. The van der Waals surface area contributed by atoms with Crippen molar-refractivity contribution in [2.45, 2.75) is 26.4 Å². The van der Waals surface area contributed by atoms with Crippen molar-refractivity contribution >= 4 is 5.82 Å². The molecule has 1 aromatic carbocycles. The van der Waals surface area contributed by atoms with Crippen LogP contribution in [-0.4, -0.2) is 30.3 Å². The van der Waals surface area contributed by atoms with Crippen LogP contribution in [0.5, 0.6) is 11.5 Å². The number of rotatable bonds is 4. The number of methoxy groups -OCH3 is 2. The number of benzene rings is 1. The van der Waals surface area contributed by atoms with Gasteiger partial charge in [0, 0.05) is 32.0 Å². The summed E-state index contributed by atoms with van der Waals surface area (Å²) in [5.74, 6) is 1.96. The average Bonchev–Trinajstić information content (AvgIpc) is 2.60. The zero-order valence-electron chi connectivity index (χ0n) is 13.7. The Morgan fingerprint density at radius 2 is 1.87 bits per heavy atom. The Labute approximate surface area is 135 Å². The molecule has 1 aromatic heterocycles. The van der Waals surface area contributed by atoms with Gasteiger partial charge in [0.05, 0.1) is 14.2 Å². The van der Waals surface area contributed by atoms with E-state index in [-0.39, 0.29) is 5.56 Å². The van der Waals surface area contributed by atoms with Gasteiger partial charge in [-0.1, -0.05) is 0 Å². The maximum atomic E-state index is 12.4. The van der Waals surface area contributed by atoms with Crippen LogP contribution in [0.25, 0.3) is 0 Å². The van der Waals surface area contributed by atoms with Crippen LogP contribution >= 0.6 is 0 Å². The van der Waals surface area contributed by atoms with Gasteiger partial charge < -0.3 is 18.9 Å². The molecule has 0 aliphatic carbocycles. The minimum Gasteiger partial charge on any atom is -0.493 e. The zero-order chi connectivity index (χ0) is 16.4. The van der Waals surface area contributed by atoms with E-state index in [1.54, 1.807) is 31.2 Å². The monoisotopic (exact) mass is 315 g/mol. The molecule has 0 atom stereocenters. The molecule has 0 spiro atoms. The summed E-state index contributed by atoms with van der Waals surface area (Å²) in [5, 5.41) is 0. The fraction of sp³-hybridized carbons (Fsp3) is 0.412. The molecule has 0 fully saturated rings. The normalized spacial score (nSPS) is 13.6. The molecule has 6 nitrogen and oxygen atoms in total. The summed E-state index contributed by atoms with van der Waals surface area (Å²) in [5.41, 5.74) is 2.33. The minimum absolute atomic E-state index is 0.0427. The Balaban J connectivity index is 1.96. The standard InChI is InChI=1S/C17H21N3O3/c1-4-19-8-6-18-16(17(19)21)20-7-5-12-9-14(22-2)15(23-3)10-13(12)11-20/h6,8-10H,4-5,7,11H2,1-3H3. The second-order valence-corrected chi connectivity index (χ2v) is 5.49. The molecule has 0 saturated heterocycles. The Kier molecular flexibility index (Phi) is 4.23. The topological polar surface area (TPSA) is 56.6 Å². The molecule has 1 aliphatic heterocycles. The van der Waals surface area contributed by atoms with Gasteiger partial charge in [-0.05, 0) is 36.6 Å². The van der Waals surface area contributed by atoms with Crippen molar-refractivity contribution in [2.24, 2.45) is 0 Å². The number of hydrogen-bond acceptors (Lipinski definition) is 5. The predicted octanol–water partition coefficient (Wildman–Crippen LogP) is 1.84. The van der Waals surface area contributed by atoms with Crippen molar-refractivity contribution in [3.8, 4) is 11.5 Å². The highest BCUT2D eigenvalue weighted by molar-refractivity contribution is 5.51. The molecule has 0 amide bonds. The molecular weight excluding hydrogens is 294 g/mol. The quantitative estimate of drug-likeness (QED) is 0.862. The van der Waals surface area contributed by atoms with Crippen LogP contribution in [0.15, 0.2) is 29.3 Å². The fourth-order valence-corrected chi connectivity index (χ4v) is 2.97. The summed E-state index contributed by atoms with van der Waals surface area (Å²) in [4.78, 5) is 18.8. The van der Waals surface area contributed by atoms with Gasteiger partial charge in [-0.2, -0.15) is 0 Å². The summed E-state index contributed by atoms with van der Waals surface area (Å²) >= 11 is 0. The third-order valence-electron chi connectivity index (χ3n) is 4.25. The van der Waals surface area contributed by atoms with Gasteiger partial charge in [0.2, 0.25) is 0 Å². The van der Waals surface area contributed by atoms with E-state index in [4.69, 9.17) is 9.47 Å². The van der Waals surface area contributed by atoms with Gasteiger partial charge in [0.25, 0.3) is 5.56 Å². The van der Waals surface area contributed by atoms with Crippen LogP contribution in [-0.2, 0) is 19.5 Å². The first-order chi connectivity index (χ1) is 11.2. The SMILES string of the molecule is CCn1ccnc(N2CCc3cc(OC)c(OC)cc3C2)c1=O. The van der Waals surface area contributed by atoms with E-state index in [1.807, 2.05) is 24.0 Å².